The Morgan fingerprint density at radius 1 is 1.21 bits per heavy atom. The van der Waals surface area contributed by atoms with E-state index in [1.165, 1.54) is 18.4 Å². The van der Waals surface area contributed by atoms with Gasteiger partial charge in [-0.05, 0) is 49.6 Å². The minimum Gasteiger partial charge on any atom is -0.378 e. The summed E-state index contributed by atoms with van der Waals surface area (Å²) in [5, 5.41) is 12.9. The van der Waals surface area contributed by atoms with Gasteiger partial charge in [0.05, 0.1) is 0 Å². The molecule has 0 saturated heterocycles. The molecule has 1 unspecified atom stereocenters. The van der Waals surface area contributed by atoms with Crippen molar-refractivity contribution < 1.29 is 9.90 Å². The molecule has 0 bridgehead atoms. The number of aliphatic hydroxyl groups is 1. The van der Waals surface area contributed by atoms with Gasteiger partial charge in [0.25, 0.3) is 5.91 Å². The van der Waals surface area contributed by atoms with E-state index in [2.05, 4.69) is 23.3 Å². The number of aliphatic hydroxyl groups excluding tert-OH is 1. The van der Waals surface area contributed by atoms with Crippen LogP contribution < -0.4 is 5.32 Å². The third-order valence-electron chi connectivity index (χ3n) is 4.48. The smallest absolute Gasteiger partial charge is 0.257 e. The first-order chi connectivity index (χ1) is 11.6. The molecule has 0 radical (unpaired) electrons. The maximum atomic E-state index is 12.2. The van der Waals surface area contributed by atoms with Gasteiger partial charge >= 0.3 is 0 Å². The summed E-state index contributed by atoms with van der Waals surface area (Å²) in [5.74, 6) is -0.409. The normalized spacial score (nSPS) is 15.3. The van der Waals surface area contributed by atoms with Crippen LogP contribution in [-0.2, 0) is 11.2 Å². The molecule has 0 spiro atoms. The Bertz CT molecular complexity index is 683. The van der Waals surface area contributed by atoms with Gasteiger partial charge in [-0.25, -0.2) is 0 Å². The predicted octanol–water partition coefficient (Wildman–Crippen LogP) is 3.00. The number of carbonyl (C=O) groups is 1. The molecule has 24 heavy (non-hydrogen) atoms. The number of likely N-dealkylation sites (N-methyl/N-ethyl adjacent to an activating group) is 1. The average Bonchev–Trinajstić information content (AvgIpc) is 3.45. The van der Waals surface area contributed by atoms with E-state index in [9.17, 15) is 9.90 Å². The highest BCUT2D eigenvalue weighted by Crippen LogP contribution is 2.25. The quantitative estimate of drug-likeness (QED) is 0.823. The summed E-state index contributed by atoms with van der Waals surface area (Å²) in [7, 11) is 2.17. The summed E-state index contributed by atoms with van der Waals surface area (Å²) in [5.41, 5.74) is 2.51. The van der Waals surface area contributed by atoms with Crippen molar-refractivity contribution in [2.75, 3.05) is 18.9 Å². The molecule has 1 amide bonds. The zero-order chi connectivity index (χ0) is 16.9. The molecule has 1 aliphatic carbocycles. The summed E-state index contributed by atoms with van der Waals surface area (Å²) in [6, 6.07) is 17.6. The number of hydrogen-bond acceptors (Lipinski definition) is 3. The fraction of sp³-hybridized carbons (Fsp3) is 0.350. The van der Waals surface area contributed by atoms with Crippen molar-refractivity contribution in [3.05, 3.63) is 65.7 Å². The number of rotatable bonds is 7. The lowest BCUT2D eigenvalue weighted by Gasteiger charge is -2.16. The molecule has 1 aliphatic rings. The number of anilines is 1. The molecular formula is C20H24N2O2. The van der Waals surface area contributed by atoms with Crippen molar-refractivity contribution in [3.63, 3.8) is 0 Å². The van der Waals surface area contributed by atoms with E-state index < -0.39 is 12.0 Å². The molecule has 1 atom stereocenters. The standard InChI is InChI=1S/C20H24N2O2/c1-22(18-10-11-18)13-12-15-6-5-9-17(14-15)21-20(24)19(23)16-7-3-2-4-8-16/h2-9,14,18-19,23H,10-13H2,1H3,(H,21,24). The highest BCUT2D eigenvalue weighted by molar-refractivity contribution is 5.94. The molecule has 4 heteroatoms. The van der Waals surface area contributed by atoms with E-state index in [0.717, 1.165) is 24.7 Å². The van der Waals surface area contributed by atoms with Gasteiger partial charge in [-0.3, -0.25) is 4.79 Å². The number of amides is 1. The number of nitrogens with zero attached hydrogens (tertiary/aromatic N) is 1. The van der Waals surface area contributed by atoms with Crippen molar-refractivity contribution in [1.82, 2.24) is 4.90 Å². The maximum Gasteiger partial charge on any atom is 0.257 e. The first-order valence-corrected chi connectivity index (χ1v) is 8.46. The van der Waals surface area contributed by atoms with Crippen LogP contribution >= 0.6 is 0 Å². The fourth-order valence-corrected chi connectivity index (χ4v) is 2.81. The van der Waals surface area contributed by atoms with E-state index in [4.69, 9.17) is 0 Å². The Morgan fingerprint density at radius 2 is 1.96 bits per heavy atom. The van der Waals surface area contributed by atoms with Gasteiger partial charge < -0.3 is 15.3 Å². The van der Waals surface area contributed by atoms with Crippen LogP contribution in [0.25, 0.3) is 0 Å². The second-order valence-corrected chi connectivity index (χ2v) is 6.46. The summed E-state index contributed by atoms with van der Waals surface area (Å²) < 4.78 is 0. The van der Waals surface area contributed by atoms with Gasteiger partial charge in [0.1, 0.15) is 0 Å². The lowest BCUT2D eigenvalue weighted by Crippen LogP contribution is -2.23. The topological polar surface area (TPSA) is 52.6 Å². The zero-order valence-corrected chi connectivity index (χ0v) is 14.0. The van der Waals surface area contributed by atoms with Gasteiger partial charge in [0.2, 0.25) is 0 Å². The number of benzene rings is 2. The SMILES string of the molecule is CN(CCc1cccc(NC(=O)C(O)c2ccccc2)c1)C1CC1. The van der Waals surface area contributed by atoms with Crippen LogP contribution in [0.5, 0.6) is 0 Å². The molecule has 4 nitrogen and oxygen atoms in total. The summed E-state index contributed by atoms with van der Waals surface area (Å²) in [6.45, 7) is 1.02. The minimum atomic E-state index is -1.16. The number of nitrogens with one attached hydrogen (secondary N) is 1. The fourth-order valence-electron chi connectivity index (χ4n) is 2.81. The van der Waals surface area contributed by atoms with E-state index in [-0.39, 0.29) is 0 Å². The van der Waals surface area contributed by atoms with Crippen molar-refractivity contribution in [1.29, 1.82) is 0 Å². The van der Waals surface area contributed by atoms with Gasteiger partial charge in [-0.2, -0.15) is 0 Å². The van der Waals surface area contributed by atoms with Crippen LogP contribution in [0.1, 0.15) is 30.1 Å². The van der Waals surface area contributed by atoms with E-state index in [1.54, 1.807) is 12.1 Å². The van der Waals surface area contributed by atoms with Crippen molar-refractivity contribution in [2.45, 2.75) is 31.4 Å². The molecule has 2 N–H and O–H groups in total. The van der Waals surface area contributed by atoms with Crippen molar-refractivity contribution in [3.8, 4) is 0 Å². The Morgan fingerprint density at radius 3 is 2.67 bits per heavy atom. The Balaban J connectivity index is 1.58. The lowest BCUT2D eigenvalue weighted by atomic mass is 10.1. The van der Waals surface area contributed by atoms with E-state index >= 15 is 0 Å². The van der Waals surface area contributed by atoms with Gasteiger partial charge in [-0.1, -0.05) is 42.5 Å². The average molecular weight is 324 g/mol. The van der Waals surface area contributed by atoms with E-state index in [1.807, 2.05) is 36.4 Å². The number of carbonyl (C=O) groups excluding carboxylic acids is 1. The second kappa shape index (κ2) is 7.60. The first kappa shape index (κ1) is 16.7. The molecule has 2 aromatic rings. The van der Waals surface area contributed by atoms with Crippen LogP contribution in [-0.4, -0.2) is 35.5 Å². The molecular weight excluding hydrogens is 300 g/mol. The maximum absolute atomic E-state index is 12.2. The minimum absolute atomic E-state index is 0.409. The van der Waals surface area contributed by atoms with Crippen LogP contribution in [0.3, 0.4) is 0 Å². The Kier molecular flexibility index (Phi) is 5.28. The van der Waals surface area contributed by atoms with Crippen LogP contribution in [0.15, 0.2) is 54.6 Å². The predicted molar refractivity (Wildman–Crippen MR) is 95.8 cm³/mol. The zero-order valence-electron chi connectivity index (χ0n) is 14.0. The molecule has 0 heterocycles. The van der Waals surface area contributed by atoms with Crippen LogP contribution in [0.4, 0.5) is 5.69 Å². The van der Waals surface area contributed by atoms with Gasteiger partial charge in [0.15, 0.2) is 6.10 Å². The summed E-state index contributed by atoms with van der Waals surface area (Å²) in [6.07, 6.45) is 2.42. The van der Waals surface area contributed by atoms with Gasteiger partial charge in [0, 0.05) is 18.3 Å². The van der Waals surface area contributed by atoms with E-state index in [0.29, 0.717) is 5.56 Å². The molecule has 126 valence electrons. The third kappa shape index (κ3) is 4.43. The Hall–Kier alpha value is -2.17. The van der Waals surface area contributed by atoms with Crippen LogP contribution in [0.2, 0.25) is 0 Å². The molecule has 0 aliphatic heterocycles. The molecule has 2 aromatic carbocycles. The number of hydrogen-bond donors (Lipinski definition) is 2. The molecule has 1 saturated carbocycles. The van der Waals surface area contributed by atoms with Crippen molar-refractivity contribution in [2.24, 2.45) is 0 Å². The van der Waals surface area contributed by atoms with Crippen molar-refractivity contribution >= 4 is 11.6 Å². The summed E-state index contributed by atoms with van der Waals surface area (Å²) in [4.78, 5) is 14.6. The second-order valence-electron chi connectivity index (χ2n) is 6.46. The third-order valence-corrected chi connectivity index (χ3v) is 4.48. The largest absolute Gasteiger partial charge is 0.378 e. The molecule has 0 aromatic heterocycles. The lowest BCUT2D eigenvalue weighted by molar-refractivity contribution is -0.124. The summed E-state index contributed by atoms with van der Waals surface area (Å²) >= 11 is 0. The monoisotopic (exact) mass is 324 g/mol. The Labute approximate surface area is 143 Å². The molecule has 3 rings (SSSR count). The van der Waals surface area contributed by atoms with Gasteiger partial charge in [-0.15, -0.1) is 0 Å². The highest BCUT2D eigenvalue weighted by Gasteiger charge is 2.25. The molecule has 1 fully saturated rings. The highest BCUT2D eigenvalue weighted by atomic mass is 16.3. The van der Waals surface area contributed by atoms with Crippen LogP contribution in [0, 0.1) is 0 Å². The first-order valence-electron chi connectivity index (χ1n) is 8.46.